The summed E-state index contributed by atoms with van der Waals surface area (Å²) >= 11 is 3.97. The van der Waals surface area contributed by atoms with Crippen molar-refractivity contribution < 1.29 is 4.79 Å². The molecule has 0 radical (unpaired) electrons. The van der Waals surface area contributed by atoms with E-state index in [4.69, 9.17) is 0 Å². The minimum atomic E-state index is 0.0341. The van der Waals surface area contributed by atoms with Gasteiger partial charge in [-0.15, -0.1) is 0 Å². The topological polar surface area (TPSA) is 29.1 Å². The molecule has 0 bridgehead atoms. The van der Waals surface area contributed by atoms with Gasteiger partial charge in [0, 0.05) is 13.5 Å². The van der Waals surface area contributed by atoms with Crippen molar-refractivity contribution in [1.82, 2.24) is 5.32 Å². The third kappa shape index (κ3) is 5.82. The van der Waals surface area contributed by atoms with Gasteiger partial charge in [0.05, 0.1) is 0 Å². The zero-order valence-electron chi connectivity index (χ0n) is 4.98. The summed E-state index contributed by atoms with van der Waals surface area (Å²) in [5.74, 6) is 0.868. The normalized spacial score (nSPS) is 8.75. The SMILES string of the molecule is CC(=O)NCCCS. The van der Waals surface area contributed by atoms with E-state index in [1.807, 2.05) is 0 Å². The second-order valence-corrected chi connectivity index (χ2v) is 2.01. The van der Waals surface area contributed by atoms with Gasteiger partial charge in [0.1, 0.15) is 0 Å². The van der Waals surface area contributed by atoms with Gasteiger partial charge in [-0.1, -0.05) is 0 Å². The van der Waals surface area contributed by atoms with Crippen LogP contribution in [0.15, 0.2) is 0 Å². The van der Waals surface area contributed by atoms with Gasteiger partial charge in [-0.2, -0.15) is 12.6 Å². The van der Waals surface area contributed by atoms with Crippen molar-refractivity contribution in [2.24, 2.45) is 0 Å². The van der Waals surface area contributed by atoms with Crippen molar-refractivity contribution in [3.05, 3.63) is 0 Å². The Kier molecular flexibility index (Phi) is 4.85. The van der Waals surface area contributed by atoms with E-state index in [1.165, 1.54) is 6.92 Å². The van der Waals surface area contributed by atoms with Crippen molar-refractivity contribution in [2.75, 3.05) is 12.3 Å². The van der Waals surface area contributed by atoms with Crippen molar-refractivity contribution in [3.8, 4) is 0 Å². The number of rotatable bonds is 3. The minimum Gasteiger partial charge on any atom is -0.356 e. The van der Waals surface area contributed by atoms with E-state index in [-0.39, 0.29) is 5.91 Å². The molecule has 0 aromatic rings. The molecule has 0 spiro atoms. The Morgan fingerprint density at radius 2 is 2.38 bits per heavy atom. The molecule has 0 aliphatic rings. The maximum atomic E-state index is 10.2. The van der Waals surface area contributed by atoms with Crippen LogP contribution in [0.4, 0.5) is 0 Å². The highest BCUT2D eigenvalue weighted by atomic mass is 32.1. The first-order valence-electron chi connectivity index (χ1n) is 2.62. The molecule has 48 valence electrons. The highest BCUT2D eigenvalue weighted by Gasteiger charge is 1.86. The lowest BCUT2D eigenvalue weighted by Gasteiger charge is -1.96. The van der Waals surface area contributed by atoms with E-state index in [1.54, 1.807) is 0 Å². The number of amides is 1. The summed E-state index contributed by atoms with van der Waals surface area (Å²) in [4.78, 5) is 10.2. The number of nitrogens with one attached hydrogen (secondary N) is 1. The molecule has 0 rings (SSSR count). The molecule has 0 saturated heterocycles. The molecule has 0 aliphatic heterocycles. The van der Waals surface area contributed by atoms with Crippen LogP contribution in [0.3, 0.4) is 0 Å². The second kappa shape index (κ2) is 4.97. The predicted octanol–water partition coefficient (Wildman–Crippen LogP) is 0.442. The lowest BCUT2D eigenvalue weighted by atomic mass is 10.5. The van der Waals surface area contributed by atoms with Gasteiger partial charge in [-0.05, 0) is 12.2 Å². The summed E-state index contributed by atoms with van der Waals surface area (Å²) in [6, 6.07) is 0. The van der Waals surface area contributed by atoms with Gasteiger partial charge in [-0.25, -0.2) is 0 Å². The average Bonchev–Trinajstić information content (AvgIpc) is 1.66. The molecule has 0 fully saturated rings. The number of hydrogen-bond acceptors (Lipinski definition) is 2. The van der Waals surface area contributed by atoms with Gasteiger partial charge in [0.15, 0.2) is 0 Å². The Morgan fingerprint density at radius 1 is 1.75 bits per heavy atom. The Morgan fingerprint density at radius 3 is 2.75 bits per heavy atom. The Balaban J connectivity index is 2.82. The van der Waals surface area contributed by atoms with Crippen LogP contribution in [0.5, 0.6) is 0 Å². The number of hydrogen-bond donors (Lipinski definition) is 2. The summed E-state index contributed by atoms with van der Waals surface area (Å²) in [6.45, 7) is 2.26. The Hall–Kier alpha value is -0.180. The lowest BCUT2D eigenvalue weighted by molar-refractivity contribution is -0.118. The van der Waals surface area contributed by atoms with Crippen molar-refractivity contribution in [1.29, 1.82) is 0 Å². The lowest BCUT2D eigenvalue weighted by Crippen LogP contribution is -2.20. The van der Waals surface area contributed by atoms with Gasteiger partial charge in [-0.3, -0.25) is 4.79 Å². The quantitative estimate of drug-likeness (QED) is 0.424. The fraction of sp³-hybridized carbons (Fsp3) is 0.800. The number of carbonyl (C=O) groups excluding carboxylic acids is 1. The fourth-order valence-electron chi connectivity index (χ4n) is 0.343. The van der Waals surface area contributed by atoms with Gasteiger partial charge >= 0.3 is 0 Å². The van der Waals surface area contributed by atoms with Crippen LogP contribution in [0, 0.1) is 0 Å². The third-order valence-electron chi connectivity index (χ3n) is 0.709. The number of carbonyl (C=O) groups is 1. The van der Waals surface area contributed by atoms with Crippen LogP contribution in [-0.2, 0) is 4.79 Å². The highest BCUT2D eigenvalue weighted by Crippen LogP contribution is 1.78. The van der Waals surface area contributed by atoms with E-state index in [9.17, 15) is 4.79 Å². The zero-order valence-corrected chi connectivity index (χ0v) is 5.87. The zero-order chi connectivity index (χ0) is 6.41. The van der Waals surface area contributed by atoms with Crippen LogP contribution < -0.4 is 5.32 Å². The Bertz CT molecular complexity index is 74.8. The summed E-state index contributed by atoms with van der Waals surface area (Å²) in [6.07, 6.45) is 0.947. The first kappa shape index (κ1) is 7.82. The standard InChI is InChI=1S/C5H11NOS/c1-5(7)6-3-2-4-8/h8H,2-4H2,1H3,(H,6,7). The first-order valence-corrected chi connectivity index (χ1v) is 3.26. The molecule has 1 N–H and O–H groups in total. The molecule has 2 nitrogen and oxygen atoms in total. The van der Waals surface area contributed by atoms with Crippen LogP contribution in [0.1, 0.15) is 13.3 Å². The Labute approximate surface area is 55.1 Å². The number of thiol groups is 1. The maximum Gasteiger partial charge on any atom is 0.216 e. The molecular weight excluding hydrogens is 122 g/mol. The van der Waals surface area contributed by atoms with E-state index >= 15 is 0 Å². The van der Waals surface area contributed by atoms with E-state index in [0.29, 0.717) is 0 Å². The van der Waals surface area contributed by atoms with Crippen molar-refractivity contribution in [2.45, 2.75) is 13.3 Å². The first-order chi connectivity index (χ1) is 3.77. The largest absolute Gasteiger partial charge is 0.356 e. The molecule has 0 saturated carbocycles. The minimum absolute atomic E-state index is 0.0341. The van der Waals surface area contributed by atoms with Gasteiger partial charge in [0.25, 0.3) is 0 Å². The summed E-state index contributed by atoms with van der Waals surface area (Å²) in [7, 11) is 0. The molecule has 0 aromatic heterocycles. The molecular formula is C5H11NOS. The van der Waals surface area contributed by atoms with Crippen molar-refractivity contribution in [3.63, 3.8) is 0 Å². The molecule has 8 heavy (non-hydrogen) atoms. The molecule has 0 unspecified atom stereocenters. The van der Waals surface area contributed by atoms with Crippen LogP contribution in [0.2, 0.25) is 0 Å². The van der Waals surface area contributed by atoms with Crippen molar-refractivity contribution >= 4 is 18.5 Å². The fourth-order valence-corrected chi connectivity index (χ4v) is 0.502. The van der Waals surface area contributed by atoms with Crippen LogP contribution in [0.25, 0.3) is 0 Å². The summed E-state index contributed by atoms with van der Waals surface area (Å²) in [5, 5.41) is 2.66. The average molecular weight is 133 g/mol. The summed E-state index contributed by atoms with van der Waals surface area (Å²) < 4.78 is 0. The van der Waals surface area contributed by atoms with Crippen LogP contribution in [-0.4, -0.2) is 18.2 Å². The van der Waals surface area contributed by atoms with E-state index in [0.717, 1.165) is 18.7 Å². The molecule has 0 atom stereocenters. The smallest absolute Gasteiger partial charge is 0.216 e. The van der Waals surface area contributed by atoms with Gasteiger partial charge < -0.3 is 5.32 Å². The molecule has 3 heteroatoms. The van der Waals surface area contributed by atoms with Gasteiger partial charge in [0.2, 0.25) is 5.91 Å². The molecule has 0 heterocycles. The molecule has 0 aromatic carbocycles. The predicted molar refractivity (Wildman–Crippen MR) is 37.2 cm³/mol. The van der Waals surface area contributed by atoms with Crippen LogP contribution >= 0.6 is 12.6 Å². The third-order valence-corrected chi connectivity index (χ3v) is 1.03. The molecule has 1 amide bonds. The van der Waals surface area contributed by atoms with E-state index in [2.05, 4.69) is 17.9 Å². The second-order valence-electron chi connectivity index (χ2n) is 1.56. The summed E-state index contributed by atoms with van der Waals surface area (Å²) in [5.41, 5.74) is 0. The molecule has 0 aliphatic carbocycles. The monoisotopic (exact) mass is 133 g/mol. The maximum absolute atomic E-state index is 10.2. The van der Waals surface area contributed by atoms with E-state index < -0.39 is 0 Å². The highest BCUT2D eigenvalue weighted by molar-refractivity contribution is 7.80.